The number of nitrogens with one attached hydrogen (secondary N) is 2. The average molecular weight is 240 g/mol. The highest BCUT2D eigenvalue weighted by molar-refractivity contribution is 5.85. The number of fused-ring (bicyclic) bond motifs is 1. The van der Waals surface area contributed by atoms with Crippen LogP contribution in [0.3, 0.4) is 0 Å². The zero-order valence-corrected chi connectivity index (χ0v) is 10.7. The van der Waals surface area contributed by atoms with Gasteiger partial charge in [-0.05, 0) is 42.3 Å². The number of hydrogen-bond donors (Lipinski definition) is 2. The molecule has 1 atom stereocenters. The Morgan fingerprint density at radius 3 is 2.89 bits per heavy atom. The number of benzene rings is 2. The van der Waals surface area contributed by atoms with E-state index in [2.05, 4.69) is 53.1 Å². The fourth-order valence-corrected chi connectivity index (χ4v) is 2.75. The molecule has 0 bridgehead atoms. The van der Waals surface area contributed by atoms with Gasteiger partial charge in [-0.25, -0.2) is 0 Å². The van der Waals surface area contributed by atoms with Gasteiger partial charge in [-0.1, -0.05) is 42.5 Å². The van der Waals surface area contributed by atoms with E-state index >= 15 is 0 Å². The Morgan fingerprint density at radius 1 is 1.11 bits per heavy atom. The van der Waals surface area contributed by atoms with Crippen LogP contribution >= 0.6 is 0 Å². The van der Waals surface area contributed by atoms with Crippen LogP contribution in [-0.2, 0) is 6.42 Å². The summed E-state index contributed by atoms with van der Waals surface area (Å²) >= 11 is 0. The summed E-state index contributed by atoms with van der Waals surface area (Å²) in [4.78, 5) is 0. The molecule has 1 unspecified atom stereocenters. The standard InChI is InChI=1S/C16H20N2/c1-2-7-16-13(4-1)5-3-6-14(16)8-11-18-15-9-10-17-12-15/h1-7,15,17-18H,8-12H2. The normalized spacial score (nSPS) is 19.4. The minimum absolute atomic E-state index is 0.667. The third kappa shape index (κ3) is 2.55. The lowest BCUT2D eigenvalue weighted by atomic mass is 10.0. The predicted molar refractivity (Wildman–Crippen MR) is 76.9 cm³/mol. The zero-order chi connectivity index (χ0) is 12.2. The molecule has 2 nitrogen and oxygen atoms in total. The lowest BCUT2D eigenvalue weighted by molar-refractivity contribution is 0.551. The van der Waals surface area contributed by atoms with Gasteiger partial charge in [0.1, 0.15) is 0 Å². The van der Waals surface area contributed by atoms with E-state index in [0.29, 0.717) is 6.04 Å². The summed E-state index contributed by atoms with van der Waals surface area (Å²) in [5.74, 6) is 0. The van der Waals surface area contributed by atoms with Crippen molar-refractivity contribution >= 4 is 10.8 Å². The Balaban J connectivity index is 1.66. The average Bonchev–Trinajstić information content (AvgIpc) is 2.92. The molecule has 1 heterocycles. The topological polar surface area (TPSA) is 24.1 Å². The van der Waals surface area contributed by atoms with Gasteiger partial charge in [-0.2, -0.15) is 0 Å². The molecule has 0 aromatic heterocycles. The lowest BCUT2D eigenvalue weighted by Crippen LogP contribution is -2.32. The van der Waals surface area contributed by atoms with Crippen molar-refractivity contribution in [3.8, 4) is 0 Å². The SMILES string of the molecule is c1ccc2c(CCNC3CCNC3)cccc2c1. The summed E-state index contributed by atoms with van der Waals surface area (Å²) in [6, 6.07) is 15.9. The van der Waals surface area contributed by atoms with Crippen molar-refractivity contribution in [2.45, 2.75) is 18.9 Å². The Kier molecular flexibility index (Phi) is 3.58. The highest BCUT2D eigenvalue weighted by atomic mass is 15.0. The van der Waals surface area contributed by atoms with Crippen LogP contribution in [0.15, 0.2) is 42.5 Å². The second-order valence-corrected chi connectivity index (χ2v) is 5.03. The molecule has 0 amide bonds. The maximum absolute atomic E-state index is 3.63. The molecule has 0 spiro atoms. The maximum Gasteiger partial charge on any atom is 0.0204 e. The van der Waals surface area contributed by atoms with E-state index in [4.69, 9.17) is 0 Å². The van der Waals surface area contributed by atoms with Crippen molar-refractivity contribution in [3.05, 3.63) is 48.0 Å². The number of rotatable bonds is 4. The third-order valence-electron chi connectivity index (χ3n) is 3.77. The van der Waals surface area contributed by atoms with E-state index in [1.807, 2.05) is 0 Å². The van der Waals surface area contributed by atoms with Crippen LogP contribution in [-0.4, -0.2) is 25.7 Å². The summed E-state index contributed by atoms with van der Waals surface area (Å²) in [5.41, 5.74) is 1.45. The van der Waals surface area contributed by atoms with Crippen LogP contribution in [0, 0.1) is 0 Å². The lowest BCUT2D eigenvalue weighted by Gasteiger charge is -2.12. The summed E-state index contributed by atoms with van der Waals surface area (Å²) in [6.45, 7) is 3.35. The molecule has 0 radical (unpaired) electrons. The van der Waals surface area contributed by atoms with Gasteiger partial charge in [0, 0.05) is 12.6 Å². The molecule has 0 aliphatic carbocycles. The first-order valence-corrected chi connectivity index (χ1v) is 6.84. The van der Waals surface area contributed by atoms with Crippen LogP contribution in [0.4, 0.5) is 0 Å². The first-order valence-electron chi connectivity index (χ1n) is 6.84. The molecule has 3 rings (SSSR count). The van der Waals surface area contributed by atoms with Crippen molar-refractivity contribution in [1.29, 1.82) is 0 Å². The quantitative estimate of drug-likeness (QED) is 0.857. The predicted octanol–water partition coefficient (Wildman–Crippen LogP) is 2.33. The van der Waals surface area contributed by atoms with E-state index in [0.717, 1.165) is 26.1 Å². The summed E-state index contributed by atoms with van der Waals surface area (Å²) < 4.78 is 0. The Labute approximate surface area is 108 Å². The minimum atomic E-state index is 0.667. The van der Waals surface area contributed by atoms with Crippen LogP contribution in [0.1, 0.15) is 12.0 Å². The second-order valence-electron chi connectivity index (χ2n) is 5.03. The monoisotopic (exact) mass is 240 g/mol. The van der Waals surface area contributed by atoms with Gasteiger partial charge in [0.2, 0.25) is 0 Å². The first kappa shape index (κ1) is 11.7. The Hall–Kier alpha value is -1.38. The van der Waals surface area contributed by atoms with Crippen LogP contribution in [0.5, 0.6) is 0 Å². The van der Waals surface area contributed by atoms with Crippen molar-refractivity contribution in [2.24, 2.45) is 0 Å². The van der Waals surface area contributed by atoms with Gasteiger partial charge in [-0.3, -0.25) is 0 Å². The molecule has 1 aliphatic heterocycles. The van der Waals surface area contributed by atoms with Gasteiger partial charge in [0.25, 0.3) is 0 Å². The van der Waals surface area contributed by atoms with Gasteiger partial charge in [0.05, 0.1) is 0 Å². The molecule has 1 aliphatic rings. The van der Waals surface area contributed by atoms with Gasteiger partial charge in [-0.15, -0.1) is 0 Å². The van der Waals surface area contributed by atoms with Crippen molar-refractivity contribution in [1.82, 2.24) is 10.6 Å². The van der Waals surface area contributed by atoms with Gasteiger partial charge in [0.15, 0.2) is 0 Å². The van der Waals surface area contributed by atoms with Crippen LogP contribution in [0.2, 0.25) is 0 Å². The first-order chi connectivity index (χ1) is 8.93. The molecular weight excluding hydrogens is 220 g/mol. The summed E-state index contributed by atoms with van der Waals surface area (Å²) in [5, 5.41) is 9.76. The number of hydrogen-bond acceptors (Lipinski definition) is 2. The Bertz CT molecular complexity index is 510. The van der Waals surface area contributed by atoms with E-state index < -0.39 is 0 Å². The van der Waals surface area contributed by atoms with E-state index in [-0.39, 0.29) is 0 Å². The molecular formula is C16H20N2. The van der Waals surface area contributed by atoms with Crippen LogP contribution in [0.25, 0.3) is 10.8 Å². The molecule has 2 N–H and O–H groups in total. The highest BCUT2D eigenvalue weighted by Gasteiger charge is 2.12. The third-order valence-corrected chi connectivity index (χ3v) is 3.77. The molecule has 94 valence electrons. The van der Waals surface area contributed by atoms with Crippen molar-refractivity contribution < 1.29 is 0 Å². The molecule has 2 heteroatoms. The van der Waals surface area contributed by atoms with E-state index in [1.165, 1.54) is 22.8 Å². The molecule has 1 fully saturated rings. The van der Waals surface area contributed by atoms with Gasteiger partial charge >= 0.3 is 0 Å². The van der Waals surface area contributed by atoms with E-state index in [1.54, 1.807) is 0 Å². The summed E-state index contributed by atoms with van der Waals surface area (Å²) in [7, 11) is 0. The largest absolute Gasteiger partial charge is 0.315 e. The smallest absolute Gasteiger partial charge is 0.0204 e. The molecule has 18 heavy (non-hydrogen) atoms. The van der Waals surface area contributed by atoms with Crippen LogP contribution < -0.4 is 10.6 Å². The van der Waals surface area contributed by atoms with Gasteiger partial charge < -0.3 is 10.6 Å². The highest BCUT2D eigenvalue weighted by Crippen LogP contribution is 2.18. The van der Waals surface area contributed by atoms with Crippen molar-refractivity contribution in [2.75, 3.05) is 19.6 Å². The molecule has 2 aromatic rings. The van der Waals surface area contributed by atoms with Crippen molar-refractivity contribution in [3.63, 3.8) is 0 Å². The summed E-state index contributed by atoms with van der Waals surface area (Å²) in [6.07, 6.45) is 2.37. The molecule has 1 saturated heterocycles. The Morgan fingerprint density at radius 2 is 2.00 bits per heavy atom. The maximum atomic E-state index is 3.63. The van der Waals surface area contributed by atoms with E-state index in [9.17, 15) is 0 Å². The fraction of sp³-hybridized carbons (Fsp3) is 0.375. The second kappa shape index (κ2) is 5.51. The molecule has 2 aromatic carbocycles. The minimum Gasteiger partial charge on any atom is -0.315 e. The zero-order valence-electron chi connectivity index (χ0n) is 10.7. The fourth-order valence-electron chi connectivity index (χ4n) is 2.75. The molecule has 0 saturated carbocycles.